The van der Waals surface area contributed by atoms with Gasteiger partial charge in [-0.25, -0.2) is 4.39 Å². The van der Waals surface area contributed by atoms with Crippen molar-refractivity contribution in [3.8, 4) is 11.5 Å². The lowest BCUT2D eigenvalue weighted by Gasteiger charge is -2.16. The number of hydrogen-bond acceptors (Lipinski definition) is 3. The maximum atomic E-state index is 13.4. The van der Waals surface area contributed by atoms with Crippen molar-refractivity contribution in [1.82, 2.24) is 0 Å². The number of alkyl halides is 1. The van der Waals surface area contributed by atoms with E-state index < -0.39 is 12.3 Å². The van der Waals surface area contributed by atoms with E-state index in [2.05, 4.69) is 0 Å². The van der Waals surface area contributed by atoms with Gasteiger partial charge in [-0.3, -0.25) is 0 Å². The first kappa shape index (κ1) is 12.8. The molecule has 0 saturated heterocycles. The molecule has 0 radical (unpaired) electrons. The molecule has 2 unspecified atom stereocenters. The lowest BCUT2D eigenvalue weighted by molar-refractivity contribution is 0.198. The van der Waals surface area contributed by atoms with E-state index in [-0.39, 0.29) is 0 Å². The molecule has 0 bridgehead atoms. The summed E-state index contributed by atoms with van der Waals surface area (Å²) in [6, 6.07) is 3.24. The van der Waals surface area contributed by atoms with E-state index in [1.807, 2.05) is 0 Å². The van der Waals surface area contributed by atoms with Crippen molar-refractivity contribution in [2.45, 2.75) is 26.1 Å². The average molecular weight is 228 g/mol. The lowest BCUT2D eigenvalue weighted by Crippen LogP contribution is -2.01. The third-order valence-corrected chi connectivity index (χ3v) is 2.44. The van der Waals surface area contributed by atoms with E-state index in [9.17, 15) is 9.50 Å². The third kappa shape index (κ3) is 2.44. The summed E-state index contributed by atoms with van der Waals surface area (Å²) in [5.74, 6) is 0.808. The zero-order valence-corrected chi connectivity index (χ0v) is 9.95. The quantitative estimate of drug-likeness (QED) is 0.861. The number of hydrogen-bond donors (Lipinski definition) is 1. The topological polar surface area (TPSA) is 38.7 Å². The first-order valence-corrected chi connectivity index (χ1v) is 5.09. The number of halogens is 1. The summed E-state index contributed by atoms with van der Waals surface area (Å²) in [6.45, 7) is 3.04. The highest BCUT2D eigenvalue weighted by Gasteiger charge is 2.18. The van der Waals surface area contributed by atoms with Gasteiger partial charge in [-0.1, -0.05) is 0 Å². The van der Waals surface area contributed by atoms with Crippen LogP contribution in [0.25, 0.3) is 0 Å². The smallest absolute Gasteiger partial charge is 0.166 e. The van der Waals surface area contributed by atoms with Crippen LogP contribution in [-0.2, 0) is 0 Å². The number of ether oxygens (including phenoxy) is 2. The summed E-state index contributed by atoms with van der Waals surface area (Å²) in [7, 11) is 2.95. The number of aliphatic hydroxyl groups is 1. The largest absolute Gasteiger partial charge is 0.493 e. The van der Waals surface area contributed by atoms with Gasteiger partial charge in [0.25, 0.3) is 0 Å². The summed E-state index contributed by atoms with van der Waals surface area (Å²) in [5.41, 5.74) is 0.995. The maximum absolute atomic E-state index is 13.4. The molecule has 1 aromatic rings. The van der Waals surface area contributed by atoms with Crippen molar-refractivity contribution in [1.29, 1.82) is 0 Å². The second-order valence-corrected chi connectivity index (χ2v) is 3.64. The van der Waals surface area contributed by atoms with Gasteiger partial charge in [-0.15, -0.1) is 0 Å². The molecule has 0 aliphatic carbocycles. The standard InChI is InChI=1S/C12H17FO3/c1-7(13)10-5-9(8(2)14)6-11(15-3)12(10)16-4/h5-8,14H,1-4H3. The van der Waals surface area contributed by atoms with Crippen molar-refractivity contribution < 1.29 is 19.0 Å². The van der Waals surface area contributed by atoms with Crippen LogP contribution >= 0.6 is 0 Å². The summed E-state index contributed by atoms with van der Waals surface area (Å²) in [4.78, 5) is 0. The zero-order chi connectivity index (χ0) is 12.3. The van der Waals surface area contributed by atoms with E-state index >= 15 is 0 Å². The third-order valence-electron chi connectivity index (χ3n) is 2.44. The molecule has 2 atom stereocenters. The highest BCUT2D eigenvalue weighted by Crippen LogP contribution is 2.38. The van der Waals surface area contributed by atoms with Crippen LogP contribution < -0.4 is 9.47 Å². The van der Waals surface area contributed by atoms with Crippen LogP contribution in [-0.4, -0.2) is 19.3 Å². The zero-order valence-electron chi connectivity index (χ0n) is 9.95. The van der Waals surface area contributed by atoms with Crippen molar-refractivity contribution in [3.63, 3.8) is 0 Å². The van der Waals surface area contributed by atoms with Gasteiger partial charge in [0.2, 0.25) is 0 Å². The van der Waals surface area contributed by atoms with Gasteiger partial charge in [-0.2, -0.15) is 0 Å². The van der Waals surface area contributed by atoms with Crippen molar-refractivity contribution in [3.05, 3.63) is 23.3 Å². The van der Waals surface area contributed by atoms with Crippen LogP contribution in [0.3, 0.4) is 0 Å². The van der Waals surface area contributed by atoms with Crippen molar-refractivity contribution in [2.24, 2.45) is 0 Å². The molecular formula is C12H17FO3. The number of methoxy groups -OCH3 is 2. The molecule has 0 aromatic heterocycles. The highest BCUT2D eigenvalue weighted by molar-refractivity contribution is 5.50. The fraction of sp³-hybridized carbons (Fsp3) is 0.500. The van der Waals surface area contributed by atoms with Gasteiger partial charge in [-0.05, 0) is 31.5 Å². The van der Waals surface area contributed by atoms with Gasteiger partial charge >= 0.3 is 0 Å². The molecule has 0 amide bonds. The second-order valence-electron chi connectivity index (χ2n) is 3.64. The van der Waals surface area contributed by atoms with Gasteiger partial charge in [0.15, 0.2) is 11.5 Å². The van der Waals surface area contributed by atoms with Gasteiger partial charge in [0.1, 0.15) is 6.17 Å². The first-order valence-electron chi connectivity index (χ1n) is 5.09. The Morgan fingerprint density at radius 1 is 1.19 bits per heavy atom. The Bertz CT molecular complexity index is 362. The Morgan fingerprint density at radius 3 is 2.19 bits per heavy atom. The molecule has 0 fully saturated rings. The number of rotatable bonds is 4. The Morgan fingerprint density at radius 2 is 1.81 bits per heavy atom. The molecule has 1 aromatic carbocycles. The normalized spacial score (nSPS) is 14.4. The molecule has 1 N–H and O–H groups in total. The van der Waals surface area contributed by atoms with Gasteiger partial charge < -0.3 is 14.6 Å². The molecule has 90 valence electrons. The predicted molar refractivity (Wildman–Crippen MR) is 59.7 cm³/mol. The van der Waals surface area contributed by atoms with Gasteiger partial charge in [0, 0.05) is 5.56 Å². The molecular weight excluding hydrogens is 211 g/mol. The summed E-state index contributed by atoms with van der Waals surface area (Å²) < 4.78 is 23.7. The monoisotopic (exact) mass is 228 g/mol. The van der Waals surface area contributed by atoms with Crippen LogP contribution in [0, 0.1) is 0 Å². The van der Waals surface area contributed by atoms with Crippen molar-refractivity contribution >= 4 is 0 Å². The minimum absolute atomic E-state index is 0.377. The maximum Gasteiger partial charge on any atom is 0.166 e. The molecule has 3 nitrogen and oxygen atoms in total. The Hall–Kier alpha value is -1.29. The van der Waals surface area contributed by atoms with Crippen LogP contribution in [0.4, 0.5) is 4.39 Å². The van der Waals surface area contributed by atoms with E-state index in [1.54, 1.807) is 19.1 Å². The molecule has 0 aliphatic rings. The molecule has 0 heterocycles. The van der Waals surface area contributed by atoms with E-state index in [4.69, 9.17) is 9.47 Å². The SMILES string of the molecule is COc1cc(C(C)O)cc(C(C)F)c1OC. The Balaban J connectivity index is 3.37. The summed E-state index contributed by atoms with van der Waals surface area (Å²) in [6.07, 6.45) is -1.85. The van der Waals surface area contributed by atoms with Crippen LogP contribution in [0.5, 0.6) is 11.5 Å². The fourth-order valence-electron chi connectivity index (χ4n) is 1.55. The number of aliphatic hydroxyl groups excluding tert-OH is 1. The molecule has 16 heavy (non-hydrogen) atoms. The molecule has 1 rings (SSSR count). The van der Waals surface area contributed by atoms with Crippen LogP contribution in [0.15, 0.2) is 12.1 Å². The fourth-order valence-corrected chi connectivity index (χ4v) is 1.55. The molecule has 0 spiro atoms. The van der Waals surface area contributed by atoms with E-state index in [0.717, 1.165) is 0 Å². The van der Waals surface area contributed by atoms with E-state index in [0.29, 0.717) is 22.6 Å². The first-order chi connectivity index (χ1) is 7.51. The lowest BCUT2D eigenvalue weighted by atomic mass is 10.0. The number of benzene rings is 1. The van der Waals surface area contributed by atoms with Crippen LogP contribution in [0.2, 0.25) is 0 Å². The molecule has 4 heteroatoms. The summed E-state index contributed by atoms with van der Waals surface area (Å²) in [5, 5.41) is 9.49. The minimum Gasteiger partial charge on any atom is -0.493 e. The highest BCUT2D eigenvalue weighted by atomic mass is 19.1. The molecule has 0 aliphatic heterocycles. The average Bonchev–Trinajstić information content (AvgIpc) is 2.26. The van der Waals surface area contributed by atoms with Crippen molar-refractivity contribution in [2.75, 3.05) is 14.2 Å². The Kier molecular flexibility index (Phi) is 4.12. The van der Waals surface area contributed by atoms with Gasteiger partial charge in [0.05, 0.1) is 20.3 Å². The minimum atomic E-state index is -1.18. The summed E-state index contributed by atoms with van der Waals surface area (Å²) >= 11 is 0. The second kappa shape index (κ2) is 5.16. The Labute approximate surface area is 94.8 Å². The van der Waals surface area contributed by atoms with Crippen LogP contribution in [0.1, 0.15) is 37.3 Å². The van der Waals surface area contributed by atoms with E-state index in [1.165, 1.54) is 21.1 Å². The molecule has 0 saturated carbocycles. The predicted octanol–water partition coefficient (Wildman–Crippen LogP) is 2.79.